The highest BCUT2D eigenvalue weighted by molar-refractivity contribution is 5.74. The summed E-state index contributed by atoms with van der Waals surface area (Å²) >= 11 is 0. The minimum absolute atomic E-state index is 0.105. The molecule has 23 heavy (non-hydrogen) atoms. The van der Waals surface area contributed by atoms with Crippen molar-refractivity contribution in [3.8, 4) is 0 Å². The molecule has 0 amide bonds. The summed E-state index contributed by atoms with van der Waals surface area (Å²) in [5.74, 6) is 0.224. The molecule has 1 saturated heterocycles. The Kier molecular flexibility index (Phi) is 5.30. The molecule has 0 saturated carbocycles. The van der Waals surface area contributed by atoms with Gasteiger partial charge < -0.3 is 14.5 Å². The molecular weight excluding hydrogens is 302 g/mol. The van der Waals surface area contributed by atoms with Crippen molar-refractivity contribution < 1.29 is 14.5 Å². The van der Waals surface area contributed by atoms with Crippen LogP contribution in [0, 0.1) is 16.0 Å². The molecule has 1 aliphatic rings. The van der Waals surface area contributed by atoms with Gasteiger partial charge in [0, 0.05) is 27.2 Å². The van der Waals surface area contributed by atoms with Crippen LogP contribution in [0.15, 0.2) is 6.33 Å². The fourth-order valence-electron chi connectivity index (χ4n) is 2.67. The van der Waals surface area contributed by atoms with Gasteiger partial charge in [-0.2, -0.15) is 0 Å². The first-order valence-electron chi connectivity index (χ1n) is 7.54. The van der Waals surface area contributed by atoms with Gasteiger partial charge in [0.15, 0.2) is 0 Å². The molecule has 2 rings (SSSR count). The fraction of sp³-hybridized carbons (Fsp3) is 0.643. The lowest BCUT2D eigenvalue weighted by molar-refractivity contribution is -0.383. The summed E-state index contributed by atoms with van der Waals surface area (Å²) in [6.45, 7) is 3.19. The number of piperidine rings is 1. The van der Waals surface area contributed by atoms with Gasteiger partial charge >= 0.3 is 11.7 Å². The average Bonchev–Trinajstić information content (AvgIpc) is 2.54. The van der Waals surface area contributed by atoms with Crippen LogP contribution in [0.4, 0.5) is 17.3 Å². The number of nitrogens with zero attached hydrogens (tertiary/aromatic N) is 5. The van der Waals surface area contributed by atoms with E-state index >= 15 is 0 Å². The molecule has 2 heterocycles. The van der Waals surface area contributed by atoms with Crippen molar-refractivity contribution in [1.29, 1.82) is 0 Å². The molecular formula is C14H21N5O4. The van der Waals surface area contributed by atoms with Crippen LogP contribution in [0.5, 0.6) is 0 Å². The van der Waals surface area contributed by atoms with Crippen LogP contribution >= 0.6 is 0 Å². The van der Waals surface area contributed by atoms with Gasteiger partial charge in [-0.3, -0.25) is 14.9 Å². The van der Waals surface area contributed by atoms with E-state index in [9.17, 15) is 14.9 Å². The molecule has 1 aliphatic heterocycles. The summed E-state index contributed by atoms with van der Waals surface area (Å²) in [4.78, 5) is 34.3. The third-order valence-corrected chi connectivity index (χ3v) is 3.80. The Morgan fingerprint density at radius 2 is 2.09 bits per heavy atom. The number of rotatable bonds is 5. The molecule has 1 aromatic heterocycles. The van der Waals surface area contributed by atoms with E-state index in [0.717, 1.165) is 0 Å². The zero-order chi connectivity index (χ0) is 17.0. The molecule has 0 atom stereocenters. The van der Waals surface area contributed by atoms with Crippen molar-refractivity contribution in [2.75, 3.05) is 43.6 Å². The second-order valence-corrected chi connectivity index (χ2v) is 5.53. The number of ether oxygens (including phenoxy) is 1. The Hall–Kier alpha value is -2.45. The van der Waals surface area contributed by atoms with Gasteiger partial charge in [0.05, 0.1) is 17.4 Å². The van der Waals surface area contributed by atoms with Crippen molar-refractivity contribution in [2.45, 2.75) is 19.8 Å². The Morgan fingerprint density at radius 3 is 2.61 bits per heavy atom. The summed E-state index contributed by atoms with van der Waals surface area (Å²) in [5, 5.41) is 11.4. The second-order valence-electron chi connectivity index (χ2n) is 5.53. The standard InChI is InChI=1S/C14H21N5O4/c1-4-23-14(20)10-5-7-18(8-6-10)13-11(19(21)22)12(17(2)3)15-9-16-13/h9-10H,4-8H2,1-3H3. The highest BCUT2D eigenvalue weighted by Crippen LogP contribution is 2.35. The number of carbonyl (C=O) groups is 1. The molecule has 126 valence electrons. The van der Waals surface area contributed by atoms with Crippen molar-refractivity contribution in [2.24, 2.45) is 5.92 Å². The van der Waals surface area contributed by atoms with Crippen LogP contribution < -0.4 is 9.80 Å². The lowest BCUT2D eigenvalue weighted by atomic mass is 9.97. The number of anilines is 2. The van der Waals surface area contributed by atoms with Gasteiger partial charge in [0.25, 0.3) is 0 Å². The van der Waals surface area contributed by atoms with Gasteiger partial charge in [-0.05, 0) is 19.8 Å². The molecule has 1 fully saturated rings. The van der Waals surface area contributed by atoms with E-state index in [-0.39, 0.29) is 23.4 Å². The normalized spacial score (nSPS) is 15.3. The number of nitro groups is 1. The Balaban J connectivity index is 2.19. The Bertz CT molecular complexity index is 585. The monoisotopic (exact) mass is 323 g/mol. The van der Waals surface area contributed by atoms with Crippen molar-refractivity contribution in [3.05, 3.63) is 16.4 Å². The SMILES string of the molecule is CCOC(=O)C1CCN(c2ncnc(N(C)C)c2[N+](=O)[O-])CC1. The first-order valence-corrected chi connectivity index (χ1v) is 7.54. The van der Waals surface area contributed by atoms with Gasteiger partial charge in [0.2, 0.25) is 11.6 Å². The molecule has 0 aromatic carbocycles. The minimum atomic E-state index is -0.456. The van der Waals surface area contributed by atoms with Gasteiger partial charge in [-0.1, -0.05) is 0 Å². The molecule has 9 heteroatoms. The first kappa shape index (κ1) is 16.9. The largest absolute Gasteiger partial charge is 0.466 e. The summed E-state index contributed by atoms with van der Waals surface area (Å²) in [5.41, 5.74) is -0.105. The van der Waals surface area contributed by atoms with Crippen LogP contribution in [0.3, 0.4) is 0 Å². The van der Waals surface area contributed by atoms with Crippen molar-refractivity contribution in [1.82, 2.24) is 9.97 Å². The molecule has 1 aromatic rings. The molecule has 0 bridgehead atoms. The van der Waals surface area contributed by atoms with E-state index in [1.165, 1.54) is 6.33 Å². The van der Waals surface area contributed by atoms with Gasteiger partial charge in [-0.25, -0.2) is 9.97 Å². The van der Waals surface area contributed by atoms with E-state index < -0.39 is 4.92 Å². The fourth-order valence-corrected chi connectivity index (χ4v) is 2.67. The van der Waals surface area contributed by atoms with Crippen molar-refractivity contribution >= 4 is 23.3 Å². The zero-order valence-electron chi connectivity index (χ0n) is 13.6. The predicted molar refractivity (Wildman–Crippen MR) is 84.6 cm³/mol. The summed E-state index contributed by atoms with van der Waals surface area (Å²) in [6.07, 6.45) is 2.52. The molecule has 0 aliphatic carbocycles. The third-order valence-electron chi connectivity index (χ3n) is 3.80. The molecule has 0 spiro atoms. The quantitative estimate of drug-likeness (QED) is 0.453. The van der Waals surface area contributed by atoms with Crippen LogP contribution in [0.1, 0.15) is 19.8 Å². The zero-order valence-corrected chi connectivity index (χ0v) is 13.6. The van der Waals surface area contributed by atoms with Crippen LogP contribution in [0.25, 0.3) is 0 Å². The molecule has 0 N–H and O–H groups in total. The third kappa shape index (κ3) is 3.66. The summed E-state index contributed by atoms with van der Waals surface area (Å²) in [7, 11) is 3.40. The predicted octanol–water partition coefficient (Wildman–Crippen LogP) is 1.23. The topological polar surface area (TPSA) is 102 Å². The maximum Gasteiger partial charge on any atom is 0.353 e. The summed E-state index contributed by atoms with van der Waals surface area (Å²) in [6, 6.07) is 0. The highest BCUT2D eigenvalue weighted by atomic mass is 16.6. The summed E-state index contributed by atoms with van der Waals surface area (Å²) < 4.78 is 5.04. The number of hydrogen-bond acceptors (Lipinski definition) is 8. The van der Waals surface area contributed by atoms with Gasteiger partial charge in [-0.15, -0.1) is 0 Å². The van der Waals surface area contributed by atoms with Crippen LogP contribution in [-0.2, 0) is 9.53 Å². The lowest BCUT2D eigenvalue weighted by Gasteiger charge is -2.31. The number of esters is 1. The van der Waals surface area contributed by atoms with Crippen LogP contribution in [0.2, 0.25) is 0 Å². The lowest BCUT2D eigenvalue weighted by Crippen LogP contribution is -2.38. The number of aromatic nitrogens is 2. The minimum Gasteiger partial charge on any atom is -0.466 e. The van der Waals surface area contributed by atoms with E-state index in [0.29, 0.717) is 38.4 Å². The molecule has 0 radical (unpaired) electrons. The molecule has 0 unspecified atom stereocenters. The molecule has 9 nitrogen and oxygen atoms in total. The highest BCUT2D eigenvalue weighted by Gasteiger charge is 2.32. The van der Waals surface area contributed by atoms with Gasteiger partial charge in [0.1, 0.15) is 6.33 Å². The average molecular weight is 323 g/mol. The Labute approximate surface area is 134 Å². The van der Waals surface area contributed by atoms with E-state index in [1.54, 1.807) is 25.9 Å². The maximum atomic E-state index is 11.8. The smallest absolute Gasteiger partial charge is 0.353 e. The van der Waals surface area contributed by atoms with E-state index in [2.05, 4.69) is 9.97 Å². The van der Waals surface area contributed by atoms with E-state index in [4.69, 9.17) is 4.74 Å². The van der Waals surface area contributed by atoms with Crippen molar-refractivity contribution in [3.63, 3.8) is 0 Å². The van der Waals surface area contributed by atoms with Crippen LogP contribution in [-0.4, -0.2) is 54.7 Å². The Morgan fingerprint density at radius 1 is 1.43 bits per heavy atom. The maximum absolute atomic E-state index is 11.8. The first-order chi connectivity index (χ1) is 11.0. The number of hydrogen-bond donors (Lipinski definition) is 0. The van der Waals surface area contributed by atoms with E-state index in [1.807, 2.05) is 4.90 Å². The number of carbonyl (C=O) groups excluding carboxylic acids is 1. The second kappa shape index (κ2) is 7.21.